The van der Waals surface area contributed by atoms with Crippen LogP contribution in [0.1, 0.15) is 99.8 Å². The molecule has 0 saturated heterocycles. The summed E-state index contributed by atoms with van der Waals surface area (Å²) in [6.45, 7) is 15.7. The van der Waals surface area contributed by atoms with Crippen molar-refractivity contribution in [1.29, 1.82) is 0 Å². The van der Waals surface area contributed by atoms with Crippen molar-refractivity contribution in [3.63, 3.8) is 0 Å². The lowest BCUT2D eigenvalue weighted by Crippen LogP contribution is -2.53. The minimum atomic E-state index is -0.625. The van der Waals surface area contributed by atoms with Crippen molar-refractivity contribution >= 4 is 11.8 Å². The van der Waals surface area contributed by atoms with Crippen molar-refractivity contribution in [3.05, 3.63) is 34.9 Å². The van der Waals surface area contributed by atoms with Gasteiger partial charge in [-0.15, -0.1) is 0 Å². The van der Waals surface area contributed by atoms with Gasteiger partial charge in [-0.05, 0) is 98.0 Å². The van der Waals surface area contributed by atoms with Gasteiger partial charge in [0.1, 0.15) is 5.78 Å². The highest BCUT2D eigenvalue weighted by Crippen LogP contribution is 2.71. The first kappa shape index (κ1) is 24.5. The average Bonchev–Trinajstić information content (AvgIpc) is 3.00. The van der Waals surface area contributed by atoms with E-state index in [2.05, 4.69) is 66.7 Å². The van der Waals surface area contributed by atoms with Crippen molar-refractivity contribution in [1.82, 2.24) is 0 Å². The molecule has 2 saturated carbocycles. The van der Waals surface area contributed by atoms with Gasteiger partial charge < -0.3 is 5.11 Å². The number of ketones is 1. The smallest absolute Gasteiger partial charge is 0.306 e. The molecule has 3 nitrogen and oxygen atoms in total. The predicted octanol–water partition coefficient (Wildman–Crippen LogP) is 7.53. The molecule has 0 spiro atoms. The SMILES string of the molecule is CC(C)=CCCC(C(=O)O)[C@H]1CC[C@@]2(C)C3=CC[C@H]4C(C)(C)C(=O)CC[C@]4(C)C3=CC[C@]12C. The number of carboxylic acid groups (broad SMARTS) is 1. The van der Waals surface area contributed by atoms with Crippen molar-refractivity contribution < 1.29 is 14.7 Å². The Morgan fingerprint density at radius 3 is 2.45 bits per heavy atom. The molecule has 0 bridgehead atoms. The summed E-state index contributed by atoms with van der Waals surface area (Å²) in [7, 11) is 0. The summed E-state index contributed by atoms with van der Waals surface area (Å²) in [6, 6.07) is 0. The molecule has 182 valence electrons. The van der Waals surface area contributed by atoms with Crippen LogP contribution in [0.25, 0.3) is 0 Å². The van der Waals surface area contributed by atoms with Gasteiger partial charge in [-0.25, -0.2) is 0 Å². The van der Waals surface area contributed by atoms with E-state index in [9.17, 15) is 14.7 Å². The van der Waals surface area contributed by atoms with Crippen molar-refractivity contribution in [2.75, 3.05) is 0 Å². The molecule has 4 aliphatic rings. The van der Waals surface area contributed by atoms with E-state index in [0.29, 0.717) is 18.1 Å². The third kappa shape index (κ3) is 3.43. The third-order valence-electron chi connectivity index (χ3n) is 10.9. The molecular weight excluding hydrogens is 408 g/mol. The summed E-state index contributed by atoms with van der Waals surface area (Å²) < 4.78 is 0. The van der Waals surface area contributed by atoms with Gasteiger partial charge in [-0.1, -0.05) is 58.4 Å². The Morgan fingerprint density at radius 1 is 1.12 bits per heavy atom. The summed E-state index contributed by atoms with van der Waals surface area (Å²) in [5.74, 6) is 0.0398. The lowest BCUT2D eigenvalue weighted by Gasteiger charge is -2.59. The van der Waals surface area contributed by atoms with Crippen LogP contribution in [0.4, 0.5) is 0 Å². The van der Waals surface area contributed by atoms with E-state index < -0.39 is 5.97 Å². The first-order chi connectivity index (χ1) is 15.3. The van der Waals surface area contributed by atoms with E-state index >= 15 is 0 Å². The number of rotatable bonds is 5. The highest BCUT2D eigenvalue weighted by atomic mass is 16.4. The van der Waals surface area contributed by atoms with E-state index in [1.54, 1.807) is 0 Å². The minimum absolute atomic E-state index is 0.00550. The number of hydrogen-bond acceptors (Lipinski definition) is 2. The van der Waals surface area contributed by atoms with Gasteiger partial charge in [-0.2, -0.15) is 0 Å². The van der Waals surface area contributed by atoms with Gasteiger partial charge in [-0.3, -0.25) is 9.59 Å². The predicted molar refractivity (Wildman–Crippen MR) is 134 cm³/mol. The van der Waals surface area contributed by atoms with Crippen LogP contribution in [0, 0.1) is 39.4 Å². The van der Waals surface area contributed by atoms with Crippen LogP contribution in [0.5, 0.6) is 0 Å². The quantitative estimate of drug-likeness (QED) is 0.439. The number of hydrogen-bond donors (Lipinski definition) is 1. The molecule has 0 amide bonds. The summed E-state index contributed by atoms with van der Waals surface area (Å²) >= 11 is 0. The Labute approximate surface area is 200 Å². The number of aliphatic carboxylic acids is 1. The largest absolute Gasteiger partial charge is 0.481 e. The van der Waals surface area contributed by atoms with Gasteiger partial charge in [0.05, 0.1) is 5.92 Å². The normalized spacial score (nSPS) is 40.0. The maximum absolute atomic E-state index is 12.8. The molecule has 0 heterocycles. The van der Waals surface area contributed by atoms with E-state index in [1.807, 2.05) is 0 Å². The Hall–Kier alpha value is -1.64. The number of allylic oxidation sites excluding steroid dienone is 6. The van der Waals surface area contributed by atoms with Crippen LogP contribution >= 0.6 is 0 Å². The zero-order valence-electron chi connectivity index (χ0n) is 21.9. The molecule has 3 heteroatoms. The standard InChI is InChI=1S/C30H44O3/c1-19(2)9-8-10-20(26(32)33)21-13-17-30(7)23-11-12-24-27(3,4)25(31)15-16-28(24,5)22(23)14-18-29(21,30)6/h9,11,14,20-21,24H,8,10,12-13,15-18H2,1-7H3,(H,32,33)/t20?,21-,24+,28-,29-,30+/m1/s1. The highest BCUT2D eigenvalue weighted by molar-refractivity contribution is 5.86. The highest BCUT2D eigenvalue weighted by Gasteiger charge is 2.63. The Kier molecular flexibility index (Phi) is 5.90. The van der Waals surface area contributed by atoms with Crippen LogP contribution in [-0.4, -0.2) is 16.9 Å². The molecule has 0 radical (unpaired) electrons. The Morgan fingerprint density at radius 2 is 1.82 bits per heavy atom. The molecule has 6 atom stereocenters. The minimum Gasteiger partial charge on any atom is -0.481 e. The van der Waals surface area contributed by atoms with Crippen LogP contribution in [0.3, 0.4) is 0 Å². The number of fused-ring (bicyclic) bond motifs is 5. The van der Waals surface area contributed by atoms with E-state index in [4.69, 9.17) is 0 Å². The second-order valence-corrected chi connectivity index (χ2v) is 13.0. The molecule has 0 aromatic carbocycles. The van der Waals surface area contributed by atoms with Gasteiger partial charge in [0, 0.05) is 11.8 Å². The molecule has 1 unspecified atom stereocenters. The topological polar surface area (TPSA) is 54.4 Å². The number of Topliss-reactive ketones (excluding diaryl/α,β-unsaturated/α-hetero) is 1. The summed E-state index contributed by atoms with van der Waals surface area (Å²) in [6.07, 6.45) is 14.3. The fraction of sp³-hybridized carbons (Fsp3) is 0.733. The first-order valence-electron chi connectivity index (χ1n) is 13.1. The lowest BCUT2D eigenvalue weighted by atomic mass is 9.44. The summed E-state index contributed by atoms with van der Waals surface area (Å²) in [5, 5.41) is 10.2. The van der Waals surface area contributed by atoms with Crippen LogP contribution < -0.4 is 0 Å². The van der Waals surface area contributed by atoms with E-state index in [1.165, 1.54) is 16.7 Å². The van der Waals surface area contributed by atoms with Crippen molar-refractivity contribution in [2.24, 2.45) is 39.4 Å². The molecule has 33 heavy (non-hydrogen) atoms. The molecule has 0 aliphatic heterocycles. The number of carbonyl (C=O) groups excluding carboxylic acids is 1. The van der Waals surface area contributed by atoms with Crippen LogP contribution in [-0.2, 0) is 9.59 Å². The second kappa shape index (κ2) is 7.95. The molecule has 0 aromatic heterocycles. The Bertz CT molecular complexity index is 946. The second-order valence-electron chi connectivity index (χ2n) is 13.0. The van der Waals surface area contributed by atoms with Gasteiger partial charge in [0.2, 0.25) is 0 Å². The fourth-order valence-corrected chi connectivity index (χ4v) is 8.54. The molecule has 4 rings (SSSR count). The third-order valence-corrected chi connectivity index (χ3v) is 10.9. The Balaban J connectivity index is 1.71. The fourth-order valence-electron chi connectivity index (χ4n) is 8.54. The average molecular weight is 453 g/mol. The van der Waals surface area contributed by atoms with Gasteiger partial charge in [0.15, 0.2) is 0 Å². The maximum Gasteiger partial charge on any atom is 0.306 e. The van der Waals surface area contributed by atoms with E-state index in [-0.39, 0.29) is 33.5 Å². The first-order valence-corrected chi connectivity index (χ1v) is 13.1. The van der Waals surface area contributed by atoms with Crippen molar-refractivity contribution in [3.8, 4) is 0 Å². The van der Waals surface area contributed by atoms with Crippen molar-refractivity contribution in [2.45, 2.75) is 99.8 Å². The van der Waals surface area contributed by atoms with Gasteiger partial charge in [0.25, 0.3) is 0 Å². The van der Waals surface area contributed by atoms with Gasteiger partial charge >= 0.3 is 5.97 Å². The molecule has 2 fully saturated rings. The molecule has 0 aromatic rings. The lowest BCUT2D eigenvalue weighted by molar-refractivity contribution is -0.146. The number of carbonyl (C=O) groups is 2. The van der Waals surface area contributed by atoms with E-state index in [0.717, 1.165) is 44.9 Å². The molecule has 4 aliphatic carbocycles. The maximum atomic E-state index is 12.8. The molecular formula is C30H44O3. The summed E-state index contributed by atoms with van der Waals surface area (Å²) in [4.78, 5) is 25.2. The monoisotopic (exact) mass is 452 g/mol. The number of carboxylic acids is 1. The zero-order valence-corrected chi connectivity index (χ0v) is 21.9. The van der Waals surface area contributed by atoms with Crippen LogP contribution in [0.15, 0.2) is 34.9 Å². The zero-order chi connectivity index (χ0) is 24.4. The summed E-state index contributed by atoms with van der Waals surface area (Å²) in [5.41, 5.74) is 3.95. The molecule has 1 N–H and O–H groups in total. The van der Waals surface area contributed by atoms with Crippen LogP contribution in [0.2, 0.25) is 0 Å².